The fourth-order valence-electron chi connectivity index (χ4n) is 2.59. The minimum absolute atomic E-state index is 0.235. The SMILES string of the molecule is CC(C)n1cc(-c2ccnc(N)n2)c2cc(C#CC(C)(C)O)ncc21. The van der Waals surface area contributed by atoms with Gasteiger partial charge in [-0.15, -0.1) is 0 Å². The molecule has 0 aliphatic carbocycles. The molecule has 3 N–H and O–H groups in total. The Bertz CT molecular complexity index is 986. The Labute approximate surface area is 146 Å². The van der Waals surface area contributed by atoms with E-state index in [-0.39, 0.29) is 12.0 Å². The summed E-state index contributed by atoms with van der Waals surface area (Å²) < 4.78 is 2.14. The summed E-state index contributed by atoms with van der Waals surface area (Å²) in [4.78, 5) is 12.7. The van der Waals surface area contributed by atoms with Gasteiger partial charge in [0.05, 0.1) is 17.4 Å². The lowest BCUT2D eigenvalue weighted by Crippen LogP contribution is -2.14. The lowest BCUT2D eigenvalue weighted by atomic mass is 10.1. The maximum absolute atomic E-state index is 9.80. The number of fused-ring (bicyclic) bond motifs is 1. The van der Waals surface area contributed by atoms with Crippen LogP contribution < -0.4 is 5.73 Å². The Morgan fingerprint density at radius 1 is 1.28 bits per heavy atom. The van der Waals surface area contributed by atoms with E-state index >= 15 is 0 Å². The molecule has 128 valence electrons. The van der Waals surface area contributed by atoms with Crippen molar-refractivity contribution in [2.75, 3.05) is 5.73 Å². The topological polar surface area (TPSA) is 89.9 Å². The highest BCUT2D eigenvalue weighted by Crippen LogP contribution is 2.31. The van der Waals surface area contributed by atoms with Crippen molar-refractivity contribution in [2.45, 2.75) is 39.3 Å². The first-order valence-electron chi connectivity index (χ1n) is 8.09. The van der Waals surface area contributed by atoms with Gasteiger partial charge in [0.25, 0.3) is 0 Å². The first-order chi connectivity index (χ1) is 11.7. The van der Waals surface area contributed by atoms with Gasteiger partial charge >= 0.3 is 0 Å². The molecule has 0 saturated heterocycles. The normalized spacial score (nSPS) is 11.6. The number of anilines is 1. The van der Waals surface area contributed by atoms with Crippen molar-refractivity contribution in [1.82, 2.24) is 19.5 Å². The third-order valence-electron chi connectivity index (χ3n) is 3.72. The third kappa shape index (κ3) is 3.62. The summed E-state index contributed by atoms with van der Waals surface area (Å²) in [5.74, 6) is 5.95. The van der Waals surface area contributed by atoms with Crippen LogP contribution in [0, 0.1) is 11.8 Å². The molecule has 3 rings (SSSR count). The van der Waals surface area contributed by atoms with Crippen molar-refractivity contribution in [2.24, 2.45) is 0 Å². The second-order valence-corrected chi connectivity index (χ2v) is 6.74. The molecule has 0 aliphatic rings. The molecular formula is C19H21N5O. The van der Waals surface area contributed by atoms with Crippen molar-refractivity contribution in [3.8, 4) is 23.1 Å². The van der Waals surface area contributed by atoms with Gasteiger partial charge in [-0.1, -0.05) is 5.92 Å². The molecule has 6 nitrogen and oxygen atoms in total. The number of pyridine rings is 1. The Hall–Kier alpha value is -2.91. The average molecular weight is 335 g/mol. The summed E-state index contributed by atoms with van der Waals surface area (Å²) in [6.45, 7) is 7.50. The Kier molecular flexibility index (Phi) is 4.19. The van der Waals surface area contributed by atoms with Crippen LogP contribution in [0.15, 0.2) is 30.7 Å². The van der Waals surface area contributed by atoms with Gasteiger partial charge in [0.1, 0.15) is 11.3 Å². The predicted octanol–water partition coefficient (Wildman–Crippen LogP) is 2.78. The average Bonchev–Trinajstić information content (AvgIpc) is 2.91. The van der Waals surface area contributed by atoms with Gasteiger partial charge in [-0.05, 0) is 45.7 Å². The summed E-state index contributed by atoms with van der Waals surface area (Å²) >= 11 is 0. The number of nitrogen functional groups attached to an aromatic ring is 1. The van der Waals surface area contributed by atoms with Gasteiger partial charge in [0.2, 0.25) is 5.95 Å². The van der Waals surface area contributed by atoms with E-state index in [1.54, 1.807) is 26.2 Å². The van der Waals surface area contributed by atoms with E-state index in [9.17, 15) is 5.11 Å². The van der Waals surface area contributed by atoms with Crippen LogP contribution in [0.3, 0.4) is 0 Å². The van der Waals surface area contributed by atoms with E-state index in [0.717, 1.165) is 22.2 Å². The number of hydrogen-bond donors (Lipinski definition) is 2. The monoisotopic (exact) mass is 335 g/mol. The van der Waals surface area contributed by atoms with Crippen LogP contribution in [0.5, 0.6) is 0 Å². The number of aliphatic hydroxyl groups is 1. The van der Waals surface area contributed by atoms with Gasteiger partial charge in [-0.2, -0.15) is 0 Å². The summed E-state index contributed by atoms with van der Waals surface area (Å²) in [6, 6.07) is 4.02. The fourth-order valence-corrected chi connectivity index (χ4v) is 2.59. The molecule has 0 fully saturated rings. The highest BCUT2D eigenvalue weighted by Gasteiger charge is 2.15. The molecule has 0 aliphatic heterocycles. The molecule has 0 atom stereocenters. The second kappa shape index (κ2) is 6.19. The van der Waals surface area contributed by atoms with Crippen molar-refractivity contribution in [3.05, 3.63) is 36.4 Å². The molecule has 0 amide bonds. The van der Waals surface area contributed by atoms with Crippen molar-refractivity contribution in [3.63, 3.8) is 0 Å². The Morgan fingerprint density at radius 3 is 2.68 bits per heavy atom. The maximum atomic E-state index is 9.80. The highest BCUT2D eigenvalue weighted by molar-refractivity contribution is 5.95. The van der Waals surface area contributed by atoms with E-state index in [2.05, 4.69) is 45.2 Å². The van der Waals surface area contributed by atoms with Crippen LogP contribution in [0.4, 0.5) is 5.95 Å². The van der Waals surface area contributed by atoms with Gasteiger partial charge in [0, 0.05) is 29.4 Å². The zero-order chi connectivity index (χ0) is 18.2. The molecule has 3 aromatic rings. The summed E-state index contributed by atoms with van der Waals surface area (Å²) in [5, 5.41) is 10.8. The van der Waals surface area contributed by atoms with Crippen LogP contribution in [-0.2, 0) is 0 Å². The smallest absolute Gasteiger partial charge is 0.220 e. The summed E-state index contributed by atoms with van der Waals surface area (Å²) in [5.41, 5.74) is 7.97. The third-order valence-corrected chi connectivity index (χ3v) is 3.72. The number of nitrogens with zero attached hydrogens (tertiary/aromatic N) is 4. The molecule has 0 bridgehead atoms. The van der Waals surface area contributed by atoms with Gasteiger partial charge < -0.3 is 15.4 Å². The quantitative estimate of drug-likeness (QED) is 0.703. The molecular weight excluding hydrogens is 314 g/mol. The van der Waals surface area contributed by atoms with Crippen LogP contribution >= 0.6 is 0 Å². The first-order valence-corrected chi connectivity index (χ1v) is 8.09. The number of nitrogens with two attached hydrogens (primary N) is 1. The van der Waals surface area contributed by atoms with Crippen molar-refractivity contribution >= 4 is 16.9 Å². The predicted molar refractivity (Wildman–Crippen MR) is 98.7 cm³/mol. The fraction of sp³-hybridized carbons (Fsp3) is 0.316. The van der Waals surface area contributed by atoms with Crippen molar-refractivity contribution < 1.29 is 5.11 Å². The van der Waals surface area contributed by atoms with Crippen LogP contribution in [-0.4, -0.2) is 30.2 Å². The number of aromatic nitrogens is 4. The maximum Gasteiger partial charge on any atom is 0.220 e. The second-order valence-electron chi connectivity index (χ2n) is 6.74. The molecule has 3 heterocycles. The molecule has 0 saturated carbocycles. The Balaban J connectivity index is 2.23. The highest BCUT2D eigenvalue weighted by atomic mass is 16.3. The summed E-state index contributed by atoms with van der Waals surface area (Å²) in [6.07, 6.45) is 5.50. The largest absolute Gasteiger partial charge is 0.378 e. The van der Waals surface area contributed by atoms with E-state index in [1.807, 2.05) is 18.3 Å². The molecule has 0 aromatic carbocycles. The van der Waals surface area contributed by atoms with Crippen LogP contribution in [0.25, 0.3) is 22.2 Å². The van der Waals surface area contributed by atoms with Gasteiger partial charge in [-0.25, -0.2) is 15.0 Å². The standard InChI is InChI=1S/C19H21N5O/c1-12(2)24-11-15(16-6-8-21-18(20)23-16)14-9-13(22-10-17(14)24)5-7-19(3,4)25/h6,8-12,25H,1-4H3,(H2,20,21,23). The van der Waals surface area contributed by atoms with Crippen LogP contribution in [0.1, 0.15) is 39.4 Å². The Morgan fingerprint density at radius 2 is 2.04 bits per heavy atom. The number of hydrogen-bond acceptors (Lipinski definition) is 5. The van der Waals surface area contributed by atoms with Crippen LogP contribution in [0.2, 0.25) is 0 Å². The van der Waals surface area contributed by atoms with Gasteiger partial charge in [-0.3, -0.25) is 0 Å². The lowest BCUT2D eigenvalue weighted by Gasteiger charge is -2.08. The minimum atomic E-state index is -1.07. The zero-order valence-corrected chi connectivity index (χ0v) is 14.8. The molecule has 0 unspecified atom stereocenters. The molecule has 3 aromatic heterocycles. The number of rotatable bonds is 2. The minimum Gasteiger partial charge on any atom is -0.378 e. The molecule has 6 heteroatoms. The van der Waals surface area contributed by atoms with E-state index in [4.69, 9.17) is 5.73 Å². The molecule has 0 spiro atoms. The van der Waals surface area contributed by atoms with E-state index < -0.39 is 5.60 Å². The van der Waals surface area contributed by atoms with Crippen molar-refractivity contribution in [1.29, 1.82) is 0 Å². The first kappa shape index (κ1) is 16.9. The molecule has 25 heavy (non-hydrogen) atoms. The zero-order valence-electron chi connectivity index (χ0n) is 14.8. The van der Waals surface area contributed by atoms with E-state index in [0.29, 0.717) is 5.69 Å². The lowest BCUT2D eigenvalue weighted by molar-refractivity contribution is 0.143. The summed E-state index contributed by atoms with van der Waals surface area (Å²) in [7, 11) is 0. The van der Waals surface area contributed by atoms with E-state index in [1.165, 1.54) is 0 Å². The molecule has 0 radical (unpaired) electrons. The van der Waals surface area contributed by atoms with Gasteiger partial charge in [0.15, 0.2) is 0 Å².